The fourth-order valence-electron chi connectivity index (χ4n) is 1.55. The van der Waals surface area contributed by atoms with Crippen LogP contribution in [0.3, 0.4) is 0 Å². The van der Waals surface area contributed by atoms with Gasteiger partial charge in [0.2, 0.25) is 0 Å². The van der Waals surface area contributed by atoms with E-state index in [9.17, 15) is 13.5 Å². The maximum absolute atomic E-state index is 11.7. The molecule has 0 amide bonds. The first-order valence-electron chi connectivity index (χ1n) is 5.04. The third-order valence-electron chi connectivity index (χ3n) is 2.69. The van der Waals surface area contributed by atoms with E-state index in [0.29, 0.717) is 10.6 Å². The quantitative estimate of drug-likeness (QED) is 0.857. The van der Waals surface area contributed by atoms with Gasteiger partial charge in [-0.1, -0.05) is 46.6 Å². The Kier molecular flexibility index (Phi) is 4.63. The third kappa shape index (κ3) is 3.02. The van der Waals surface area contributed by atoms with Gasteiger partial charge in [0.25, 0.3) is 0 Å². The molecule has 1 rings (SSSR count). The summed E-state index contributed by atoms with van der Waals surface area (Å²) in [5.74, 6) is 0. The van der Waals surface area contributed by atoms with Crippen LogP contribution < -0.4 is 0 Å². The summed E-state index contributed by atoms with van der Waals surface area (Å²) in [4.78, 5) is 0. The van der Waals surface area contributed by atoms with Crippen LogP contribution in [0.1, 0.15) is 25.0 Å². The lowest BCUT2D eigenvalue weighted by molar-refractivity contribution is 0.160. The number of aliphatic hydroxyl groups excluding tert-OH is 1. The lowest BCUT2D eigenvalue weighted by Crippen LogP contribution is -2.37. The molecule has 17 heavy (non-hydrogen) atoms. The highest BCUT2D eigenvalue weighted by Gasteiger charge is 2.44. The predicted octanol–water partition coefficient (Wildman–Crippen LogP) is 2.92. The lowest BCUT2D eigenvalue weighted by Gasteiger charge is -2.29. The Morgan fingerprint density at radius 3 is 2.24 bits per heavy atom. The predicted molar refractivity (Wildman–Crippen MR) is 73.2 cm³/mol. The van der Waals surface area contributed by atoms with Crippen LogP contribution in [0.2, 0.25) is 5.02 Å². The second-order valence-electron chi connectivity index (χ2n) is 3.87. The molecule has 0 spiro atoms. The average Bonchev–Trinajstić information content (AvgIpc) is 2.26. The van der Waals surface area contributed by atoms with E-state index in [1.165, 1.54) is 0 Å². The molecule has 0 aromatic heterocycles. The lowest BCUT2D eigenvalue weighted by atomic mass is 10.1. The number of benzene rings is 1. The minimum absolute atomic E-state index is 0.260. The van der Waals surface area contributed by atoms with Gasteiger partial charge in [0.05, 0.1) is 0 Å². The van der Waals surface area contributed by atoms with Crippen LogP contribution >= 0.6 is 27.5 Å². The van der Waals surface area contributed by atoms with Crippen molar-refractivity contribution < 1.29 is 13.5 Å². The van der Waals surface area contributed by atoms with Crippen LogP contribution in [0.15, 0.2) is 24.3 Å². The van der Waals surface area contributed by atoms with Crippen molar-refractivity contribution in [3.8, 4) is 0 Å². The second-order valence-corrected chi connectivity index (χ2v) is 8.52. The minimum atomic E-state index is -3.44. The van der Waals surface area contributed by atoms with Crippen LogP contribution in [0.25, 0.3) is 0 Å². The molecular formula is C11H14BrClO3S. The zero-order valence-corrected chi connectivity index (χ0v) is 12.7. The molecule has 0 saturated carbocycles. The van der Waals surface area contributed by atoms with Crippen LogP contribution in [0.4, 0.5) is 0 Å². The molecule has 0 aliphatic rings. The van der Waals surface area contributed by atoms with Gasteiger partial charge in [0.15, 0.2) is 13.5 Å². The number of hydrogen-bond acceptors (Lipinski definition) is 3. The topological polar surface area (TPSA) is 54.4 Å². The van der Waals surface area contributed by atoms with Crippen molar-refractivity contribution in [3.05, 3.63) is 34.9 Å². The van der Waals surface area contributed by atoms with Gasteiger partial charge in [0, 0.05) is 11.3 Å². The van der Waals surface area contributed by atoms with Crippen LogP contribution in [0, 0.1) is 0 Å². The summed E-state index contributed by atoms with van der Waals surface area (Å²) in [6, 6.07) is 6.46. The molecular weight excluding hydrogens is 328 g/mol. The molecule has 0 unspecified atom stereocenters. The molecule has 6 heteroatoms. The molecule has 1 aromatic rings. The van der Waals surface area contributed by atoms with Gasteiger partial charge in [-0.2, -0.15) is 0 Å². The minimum Gasteiger partial charge on any atom is -0.386 e. The molecule has 1 N–H and O–H groups in total. The zero-order chi connectivity index (χ0) is 13.3. The Hall–Kier alpha value is -0.100. The largest absolute Gasteiger partial charge is 0.386 e. The summed E-state index contributed by atoms with van der Waals surface area (Å²) in [7, 11) is -3.44. The highest BCUT2D eigenvalue weighted by atomic mass is 79.9. The molecule has 0 bridgehead atoms. The van der Waals surface area contributed by atoms with Gasteiger partial charge in [-0.3, -0.25) is 0 Å². The van der Waals surface area contributed by atoms with Crippen molar-refractivity contribution in [2.45, 2.75) is 23.1 Å². The summed E-state index contributed by atoms with van der Waals surface area (Å²) in [6.07, 6.45) is 0.222. The Morgan fingerprint density at radius 1 is 1.41 bits per heavy atom. The van der Waals surface area contributed by atoms with Gasteiger partial charge in [0.1, 0.15) is 6.10 Å². The fraction of sp³-hybridized carbons (Fsp3) is 0.455. The van der Waals surface area contributed by atoms with Gasteiger partial charge in [-0.15, -0.1) is 0 Å². The Balaban J connectivity index is 3.19. The van der Waals surface area contributed by atoms with E-state index in [2.05, 4.69) is 15.9 Å². The first-order chi connectivity index (χ1) is 7.72. The van der Waals surface area contributed by atoms with Gasteiger partial charge >= 0.3 is 0 Å². The molecule has 0 heterocycles. The molecule has 0 aliphatic heterocycles. The Labute approximate surface area is 115 Å². The molecule has 0 aliphatic carbocycles. The standard InChI is InChI=1S/C11H14BrClO3S/c1-3-11(12,17(2,15)16)10(14)8-4-6-9(13)7-5-8/h4-7,10,14H,3H2,1-2H3/t10-,11+/m0/s1. The van der Waals surface area contributed by atoms with E-state index in [0.717, 1.165) is 6.26 Å². The van der Waals surface area contributed by atoms with E-state index in [-0.39, 0.29) is 6.42 Å². The molecule has 96 valence electrons. The van der Waals surface area contributed by atoms with E-state index >= 15 is 0 Å². The molecule has 0 radical (unpaired) electrons. The molecule has 0 fully saturated rings. The van der Waals surface area contributed by atoms with Crippen LogP contribution in [-0.2, 0) is 9.84 Å². The summed E-state index contributed by atoms with van der Waals surface area (Å²) in [5, 5.41) is 10.7. The summed E-state index contributed by atoms with van der Waals surface area (Å²) in [5.41, 5.74) is 0.513. The molecule has 1 aromatic carbocycles. The average molecular weight is 342 g/mol. The SMILES string of the molecule is CC[C@](Br)([C@@H](O)c1ccc(Cl)cc1)S(C)(=O)=O. The van der Waals surface area contributed by atoms with E-state index < -0.39 is 19.6 Å². The highest BCUT2D eigenvalue weighted by molar-refractivity contribution is 9.11. The smallest absolute Gasteiger partial charge is 0.166 e. The third-order valence-corrected chi connectivity index (χ3v) is 7.45. The number of alkyl halides is 1. The van der Waals surface area contributed by atoms with E-state index in [1.54, 1.807) is 31.2 Å². The number of halogens is 2. The number of sulfone groups is 1. The van der Waals surface area contributed by atoms with Crippen molar-refractivity contribution in [2.24, 2.45) is 0 Å². The maximum atomic E-state index is 11.7. The van der Waals surface area contributed by atoms with Gasteiger partial charge in [-0.25, -0.2) is 8.42 Å². The van der Waals surface area contributed by atoms with E-state index in [4.69, 9.17) is 11.6 Å². The maximum Gasteiger partial charge on any atom is 0.166 e. The molecule has 3 nitrogen and oxygen atoms in total. The number of rotatable bonds is 4. The van der Waals surface area contributed by atoms with Crippen LogP contribution in [0.5, 0.6) is 0 Å². The Morgan fingerprint density at radius 2 is 1.88 bits per heavy atom. The number of aliphatic hydroxyl groups is 1. The van der Waals surface area contributed by atoms with Crippen molar-refractivity contribution in [3.63, 3.8) is 0 Å². The van der Waals surface area contributed by atoms with Crippen molar-refractivity contribution >= 4 is 37.4 Å². The fourth-order valence-corrected chi connectivity index (χ4v) is 3.01. The van der Waals surface area contributed by atoms with Crippen molar-refractivity contribution in [1.29, 1.82) is 0 Å². The van der Waals surface area contributed by atoms with Gasteiger partial charge < -0.3 is 5.11 Å². The monoisotopic (exact) mass is 340 g/mol. The summed E-state index contributed by atoms with van der Waals surface area (Å²) < 4.78 is 22.1. The number of hydrogen-bond donors (Lipinski definition) is 1. The Bertz CT molecular complexity index is 486. The van der Waals surface area contributed by atoms with E-state index in [1.807, 2.05) is 0 Å². The second kappa shape index (κ2) is 5.26. The van der Waals surface area contributed by atoms with Crippen LogP contribution in [-0.4, -0.2) is 23.4 Å². The summed E-state index contributed by atoms with van der Waals surface area (Å²) >= 11 is 8.90. The van der Waals surface area contributed by atoms with Crippen molar-refractivity contribution in [1.82, 2.24) is 0 Å². The highest BCUT2D eigenvalue weighted by Crippen LogP contribution is 2.41. The van der Waals surface area contributed by atoms with Crippen molar-refractivity contribution in [2.75, 3.05) is 6.26 Å². The normalized spacial score (nSPS) is 17.5. The first-order valence-corrected chi connectivity index (χ1v) is 8.10. The summed E-state index contributed by atoms with van der Waals surface area (Å²) in [6.45, 7) is 1.70. The zero-order valence-electron chi connectivity index (χ0n) is 9.52. The first kappa shape index (κ1) is 15.0. The van der Waals surface area contributed by atoms with Gasteiger partial charge in [-0.05, 0) is 24.1 Å². The molecule has 2 atom stereocenters. The molecule has 0 saturated heterocycles.